The Labute approximate surface area is 115 Å². The lowest BCUT2D eigenvalue weighted by molar-refractivity contribution is 0.0586. The van der Waals surface area contributed by atoms with Crippen LogP contribution in [0.15, 0.2) is 41.7 Å². The third-order valence-electron chi connectivity index (χ3n) is 3.32. The quantitative estimate of drug-likeness (QED) is 0.790. The summed E-state index contributed by atoms with van der Waals surface area (Å²) in [6.07, 6.45) is 4.27. The summed E-state index contributed by atoms with van der Waals surface area (Å²) < 4.78 is 6.73. The summed E-state index contributed by atoms with van der Waals surface area (Å²) in [6.45, 7) is 0. The lowest BCUT2D eigenvalue weighted by Crippen LogP contribution is -2.19. The highest BCUT2D eigenvalue weighted by atomic mass is 32.2. The van der Waals surface area contributed by atoms with Crippen molar-refractivity contribution in [2.45, 2.75) is 17.4 Å². The van der Waals surface area contributed by atoms with Crippen molar-refractivity contribution >= 4 is 17.7 Å². The molecule has 0 spiro atoms. The van der Waals surface area contributed by atoms with Crippen LogP contribution in [0.1, 0.15) is 28.5 Å². The average Bonchev–Trinajstić information content (AvgIpc) is 2.95. The lowest BCUT2D eigenvalue weighted by atomic mass is 10.0. The normalized spacial score (nSPS) is 17.8. The summed E-state index contributed by atoms with van der Waals surface area (Å²) in [7, 11) is 1.39. The molecule has 3 rings (SSSR count). The monoisotopic (exact) mass is 274 g/mol. The molecule has 1 unspecified atom stereocenters. The molecule has 19 heavy (non-hydrogen) atoms. The molecule has 0 bridgehead atoms. The van der Waals surface area contributed by atoms with E-state index in [0.717, 1.165) is 12.2 Å². The number of imidazole rings is 1. The van der Waals surface area contributed by atoms with Crippen molar-refractivity contribution in [1.29, 1.82) is 0 Å². The predicted octanol–water partition coefficient (Wildman–Crippen LogP) is 2.75. The molecule has 0 amide bonds. The third-order valence-corrected chi connectivity index (χ3v) is 4.45. The minimum Gasteiger partial charge on any atom is -0.464 e. The van der Waals surface area contributed by atoms with Gasteiger partial charge in [0.2, 0.25) is 0 Å². The van der Waals surface area contributed by atoms with Crippen molar-refractivity contribution in [2.75, 3.05) is 12.9 Å². The Morgan fingerprint density at radius 3 is 3.16 bits per heavy atom. The highest BCUT2D eigenvalue weighted by Gasteiger charge is 2.25. The molecule has 0 fully saturated rings. The Hall–Kier alpha value is -1.75. The highest BCUT2D eigenvalue weighted by molar-refractivity contribution is 7.99. The standard InChI is InChI=1S/C14H14N2O2S/c1-18-14(17)12-8-15-9-16(12)11-6-7-19-13-5-3-2-4-10(11)13/h2-5,8-9,11H,6-7H2,1H3. The smallest absolute Gasteiger partial charge is 0.356 e. The zero-order chi connectivity index (χ0) is 13.2. The second-order valence-corrected chi connectivity index (χ2v) is 5.51. The van der Waals surface area contributed by atoms with Crippen molar-refractivity contribution in [2.24, 2.45) is 0 Å². The Kier molecular flexibility index (Phi) is 3.29. The first-order valence-corrected chi connectivity index (χ1v) is 7.11. The zero-order valence-electron chi connectivity index (χ0n) is 10.6. The van der Waals surface area contributed by atoms with Gasteiger partial charge in [0.25, 0.3) is 0 Å². The van der Waals surface area contributed by atoms with Gasteiger partial charge < -0.3 is 9.30 Å². The van der Waals surface area contributed by atoms with E-state index in [9.17, 15) is 4.79 Å². The van der Waals surface area contributed by atoms with Gasteiger partial charge >= 0.3 is 5.97 Å². The van der Waals surface area contributed by atoms with Gasteiger partial charge in [-0.2, -0.15) is 0 Å². The van der Waals surface area contributed by atoms with Gasteiger partial charge in [-0.3, -0.25) is 0 Å². The first kappa shape index (κ1) is 12.3. The number of esters is 1. The van der Waals surface area contributed by atoms with Crippen molar-refractivity contribution in [3.05, 3.63) is 48.0 Å². The largest absolute Gasteiger partial charge is 0.464 e. The molecule has 0 saturated heterocycles. The van der Waals surface area contributed by atoms with Crippen molar-refractivity contribution < 1.29 is 9.53 Å². The van der Waals surface area contributed by atoms with Gasteiger partial charge in [0.1, 0.15) is 5.69 Å². The second-order valence-electron chi connectivity index (χ2n) is 4.37. The van der Waals surface area contributed by atoms with Gasteiger partial charge in [0.15, 0.2) is 0 Å². The van der Waals surface area contributed by atoms with Gasteiger partial charge in [0, 0.05) is 10.6 Å². The SMILES string of the molecule is COC(=O)c1cncn1C1CCSc2ccccc21. The van der Waals surface area contributed by atoms with E-state index in [4.69, 9.17) is 4.74 Å². The van der Waals surface area contributed by atoms with Gasteiger partial charge in [-0.25, -0.2) is 9.78 Å². The van der Waals surface area contributed by atoms with E-state index in [1.807, 2.05) is 28.5 Å². The van der Waals surface area contributed by atoms with E-state index in [0.29, 0.717) is 5.69 Å². The number of carbonyl (C=O) groups is 1. The molecule has 1 aliphatic rings. The van der Waals surface area contributed by atoms with Crippen LogP contribution in [0.2, 0.25) is 0 Å². The first-order chi connectivity index (χ1) is 9.31. The fourth-order valence-corrected chi connectivity index (χ4v) is 3.53. The summed E-state index contributed by atoms with van der Waals surface area (Å²) in [5, 5.41) is 0. The molecule has 0 N–H and O–H groups in total. The molecule has 98 valence electrons. The van der Waals surface area contributed by atoms with Crippen LogP contribution >= 0.6 is 11.8 Å². The number of nitrogens with zero attached hydrogens (tertiary/aromatic N) is 2. The number of carbonyl (C=O) groups excluding carboxylic acids is 1. The molecular weight excluding hydrogens is 260 g/mol. The average molecular weight is 274 g/mol. The van der Waals surface area contributed by atoms with E-state index in [2.05, 4.69) is 17.1 Å². The van der Waals surface area contributed by atoms with E-state index in [1.54, 1.807) is 12.5 Å². The topological polar surface area (TPSA) is 44.1 Å². The maximum absolute atomic E-state index is 11.8. The van der Waals surface area contributed by atoms with E-state index < -0.39 is 0 Å². The Morgan fingerprint density at radius 2 is 2.32 bits per heavy atom. The Balaban J connectivity index is 2.05. The number of rotatable bonds is 2. The number of hydrogen-bond donors (Lipinski definition) is 0. The van der Waals surface area contributed by atoms with Crippen molar-refractivity contribution in [1.82, 2.24) is 9.55 Å². The molecule has 2 heterocycles. The molecule has 2 aromatic rings. The fourth-order valence-electron chi connectivity index (χ4n) is 2.43. The zero-order valence-corrected chi connectivity index (χ0v) is 11.4. The van der Waals surface area contributed by atoms with E-state index in [1.165, 1.54) is 17.6 Å². The molecule has 1 aliphatic heterocycles. The molecule has 4 nitrogen and oxygen atoms in total. The minimum atomic E-state index is -0.340. The maximum atomic E-state index is 11.8. The van der Waals surface area contributed by atoms with Crippen molar-refractivity contribution in [3.63, 3.8) is 0 Å². The van der Waals surface area contributed by atoms with Crippen LogP contribution in [0.4, 0.5) is 0 Å². The van der Waals surface area contributed by atoms with Crippen LogP contribution in [0.5, 0.6) is 0 Å². The molecule has 0 saturated carbocycles. The summed E-state index contributed by atoms with van der Waals surface area (Å²) in [5.74, 6) is 0.703. The third kappa shape index (κ3) is 2.14. The van der Waals surface area contributed by atoms with Crippen LogP contribution in [0.25, 0.3) is 0 Å². The second kappa shape index (κ2) is 5.09. The first-order valence-electron chi connectivity index (χ1n) is 6.13. The number of ether oxygens (including phenoxy) is 1. The van der Waals surface area contributed by atoms with Crippen LogP contribution in [0.3, 0.4) is 0 Å². The van der Waals surface area contributed by atoms with Gasteiger partial charge in [0.05, 0.1) is 25.7 Å². The number of hydrogen-bond acceptors (Lipinski definition) is 4. The number of thioether (sulfide) groups is 1. The van der Waals surface area contributed by atoms with Gasteiger partial charge in [-0.05, 0) is 18.1 Å². The Morgan fingerprint density at radius 1 is 1.47 bits per heavy atom. The molecule has 1 aromatic heterocycles. The number of fused-ring (bicyclic) bond motifs is 1. The molecule has 0 radical (unpaired) electrons. The van der Waals surface area contributed by atoms with Crippen LogP contribution < -0.4 is 0 Å². The predicted molar refractivity (Wildman–Crippen MR) is 73.5 cm³/mol. The fraction of sp³-hybridized carbons (Fsp3) is 0.286. The van der Waals surface area contributed by atoms with Crippen LogP contribution in [0, 0.1) is 0 Å². The van der Waals surface area contributed by atoms with Gasteiger partial charge in [-0.1, -0.05) is 18.2 Å². The number of aromatic nitrogens is 2. The minimum absolute atomic E-state index is 0.161. The molecule has 0 aliphatic carbocycles. The van der Waals surface area contributed by atoms with Crippen LogP contribution in [-0.2, 0) is 4.74 Å². The molecule has 1 atom stereocenters. The highest BCUT2D eigenvalue weighted by Crippen LogP contribution is 2.38. The van der Waals surface area contributed by atoms with Gasteiger partial charge in [-0.15, -0.1) is 11.8 Å². The number of methoxy groups -OCH3 is 1. The van der Waals surface area contributed by atoms with Crippen molar-refractivity contribution in [3.8, 4) is 0 Å². The number of benzene rings is 1. The summed E-state index contributed by atoms with van der Waals surface area (Å²) in [4.78, 5) is 17.1. The summed E-state index contributed by atoms with van der Waals surface area (Å²) in [5.41, 5.74) is 1.76. The van der Waals surface area contributed by atoms with Crippen LogP contribution in [-0.4, -0.2) is 28.4 Å². The molecular formula is C14H14N2O2S. The lowest BCUT2D eigenvalue weighted by Gasteiger charge is -2.27. The maximum Gasteiger partial charge on any atom is 0.356 e. The van der Waals surface area contributed by atoms with E-state index >= 15 is 0 Å². The summed E-state index contributed by atoms with van der Waals surface area (Å²) in [6, 6.07) is 8.48. The van der Waals surface area contributed by atoms with E-state index in [-0.39, 0.29) is 12.0 Å². The molecule has 1 aromatic carbocycles. The molecule has 5 heteroatoms. The summed E-state index contributed by atoms with van der Waals surface area (Å²) >= 11 is 1.86. The Bertz CT molecular complexity index is 609.